The average Bonchev–Trinajstić information content (AvgIpc) is 2.73. The smallest absolute Gasteiger partial charge is 0.344 e. The van der Waals surface area contributed by atoms with Crippen LogP contribution in [0.25, 0.3) is 11.0 Å². The normalized spacial score (nSPS) is 10.7. The van der Waals surface area contributed by atoms with Crippen molar-refractivity contribution >= 4 is 22.7 Å². The van der Waals surface area contributed by atoms with E-state index in [-0.39, 0.29) is 19.0 Å². The molecule has 0 atom stereocenters. The van der Waals surface area contributed by atoms with E-state index in [1.54, 1.807) is 31.2 Å². The monoisotopic (exact) mass is 394 g/mol. The van der Waals surface area contributed by atoms with Crippen molar-refractivity contribution in [1.82, 2.24) is 0 Å². The van der Waals surface area contributed by atoms with Crippen LogP contribution in [-0.2, 0) is 16.1 Å². The van der Waals surface area contributed by atoms with Crippen molar-refractivity contribution in [2.24, 2.45) is 0 Å². The summed E-state index contributed by atoms with van der Waals surface area (Å²) in [6.45, 7) is 5.27. The van der Waals surface area contributed by atoms with Gasteiger partial charge in [0.25, 0.3) is 0 Å². The molecular weight excluding hydrogens is 372 g/mol. The van der Waals surface area contributed by atoms with Crippen LogP contribution in [0.1, 0.15) is 40.4 Å². The summed E-state index contributed by atoms with van der Waals surface area (Å²) in [7, 11) is 0. The molecular formula is C23H22O6. The standard InChI is InChI=1S/C23H22O6/c1-4-20(24)16-6-8-18(9-7-16)27-13-22(26)28-12-17-11-21(25)29-23-15(3)14(2)5-10-19(17)23/h5-11H,4,12-13H2,1-3H3. The fourth-order valence-corrected chi connectivity index (χ4v) is 2.93. The highest BCUT2D eigenvalue weighted by molar-refractivity contribution is 5.95. The van der Waals surface area contributed by atoms with E-state index in [1.165, 1.54) is 6.07 Å². The third kappa shape index (κ3) is 4.71. The molecule has 0 radical (unpaired) electrons. The van der Waals surface area contributed by atoms with E-state index < -0.39 is 11.6 Å². The summed E-state index contributed by atoms with van der Waals surface area (Å²) in [5.41, 5.74) is 3.07. The predicted octanol–water partition coefficient (Wildman–Crippen LogP) is 4.12. The topological polar surface area (TPSA) is 82.8 Å². The molecule has 3 aromatic rings. The molecule has 6 nitrogen and oxygen atoms in total. The number of hydrogen-bond acceptors (Lipinski definition) is 6. The molecule has 0 spiro atoms. The van der Waals surface area contributed by atoms with Crippen LogP contribution in [-0.4, -0.2) is 18.4 Å². The van der Waals surface area contributed by atoms with Crippen molar-refractivity contribution < 1.29 is 23.5 Å². The molecule has 1 heterocycles. The number of carbonyl (C=O) groups is 2. The zero-order valence-electron chi connectivity index (χ0n) is 16.6. The molecule has 0 saturated heterocycles. The second-order valence-corrected chi connectivity index (χ2v) is 6.73. The minimum absolute atomic E-state index is 0.0426. The first-order chi connectivity index (χ1) is 13.9. The lowest BCUT2D eigenvalue weighted by Crippen LogP contribution is -2.15. The Morgan fingerprint density at radius 3 is 2.45 bits per heavy atom. The largest absolute Gasteiger partial charge is 0.482 e. The summed E-state index contributed by atoms with van der Waals surface area (Å²) in [6.07, 6.45) is 0.429. The Kier molecular flexibility index (Phi) is 6.12. The Morgan fingerprint density at radius 2 is 1.76 bits per heavy atom. The van der Waals surface area contributed by atoms with Crippen LogP contribution in [0.3, 0.4) is 0 Å². The van der Waals surface area contributed by atoms with E-state index in [0.717, 1.165) is 16.5 Å². The number of carbonyl (C=O) groups excluding carboxylic acids is 2. The van der Waals surface area contributed by atoms with Crippen molar-refractivity contribution in [2.45, 2.75) is 33.8 Å². The van der Waals surface area contributed by atoms with Gasteiger partial charge in [-0.3, -0.25) is 4.79 Å². The van der Waals surface area contributed by atoms with E-state index in [9.17, 15) is 14.4 Å². The second kappa shape index (κ2) is 8.73. The summed E-state index contributed by atoms with van der Waals surface area (Å²) in [5, 5.41) is 0.734. The van der Waals surface area contributed by atoms with E-state index in [2.05, 4.69) is 0 Å². The summed E-state index contributed by atoms with van der Waals surface area (Å²) in [4.78, 5) is 35.5. The van der Waals surface area contributed by atoms with Gasteiger partial charge in [0.2, 0.25) is 0 Å². The number of aryl methyl sites for hydroxylation is 2. The van der Waals surface area contributed by atoms with Gasteiger partial charge in [0.05, 0.1) is 0 Å². The summed E-state index contributed by atoms with van der Waals surface area (Å²) in [6, 6.07) is 11.7. The molecule has 0 aliphatic rings. The molecule has 0 N–H and O–H groups in total. The van der Waals surface area contributed by atoms with Crippen molar-refractivity contribution in [3.63, 3.8) is 0 Å². The number of ether oxygens (including phenoxy) is 2. The molecule has 29 heavy (non-hydrogen) atoms. The van der Waals surface area contributed by atoms with Gasteiger partial charge in [0, 0.05) is 29.0 Å². The van der Waals surface area contributed by atoms with Crippen LogP contribution >= 0.6 is 0 Å². The molecule has 150 valence electrons. The lowest BCUT2D eigenvalue weighted by Gasteiger charge is -2.10. The Hall–Kier alpha value is -3.41. The zero-order valence-corrected chi connectivity index (χ0v) is 16.6. The zero-order chi connectivity index (χ0) is 21.0. The number of ketones is 1. The first kappa shape index (κ1) is 20.3. The SMILES string of the molecule is CCC(=O)c1ccc(OCC(=O)OCc2cc(=O)oc3c(C)c(C)ccc23)cc1. The molecule has 0 aliphatic carbocycles. The molecule has 0 aliphatic heterocycles. The third-order valence-corrected chi connectivity index (χ3v) is 4.76. The first-order valence-electron chi connectivity index (χ1n) is 9.33. The average molecular weight is 394 g/mol. The van der Waals surface area contributed by atoms with Gasteiger partial charge >= 0.3 is 11.6 Å². The van der Waals surface area contributed by atoms with Gasteiger partial charge in [-0.1, -0.05) is 19.1 Å². The number of benzene rings is 2. The Balaban J connectivity index is 1.63. The highest BCUT2D eigenvalue weighted by Gasteiger charge is 2.12. The van der Waals surface area contributed by atoms with Crippen LogP contribution in [0.5, 0.6) is 5.75 Å². The van der Waals surface area contributed by atoms with Crippen LogP contribution in [0.4, 0.5) is 0 Å². The second-order valence-electron chi connectivity index (χ2n) is 6.73. The fraction of sp³-hybridized carbons (Fsp3) is 0.261. The third-order valence-electron chi connectivity index (χ3n) is 4.76. The Bertz CT molecular complexity index is 1110. The van der Waals surface area contributed by atoms with Gasteiger partial charge in [-0.15, -0.1) is 0 Å². The number of hydrogen-bond donors (Lipinski definition) is 0. The molecule has 0 unspecified atom stereocenters. The molecule has 3 rings (SSSR count). The number of Topliss-reactive ketones (excluding diaryl/α,β-unsaturated/α-hetero) is 1. The number of fused-ring (bicyclic) bond motifs is 1. The lowest BCUT2D eigenvalue weighted by atomic mass is 10.0. The van der Waals surface area contributed by atoms with Gasteiger partial charge < -0.3 is 13.9 Å². The maximum Gasteiger partial charge on any atom is 0.344 e. The maximum atomic E-state index is 12.1. The highest BCUT2D eigenvalue weighted by atomic mass is 16.6. The maximum absolute atomic E-state index is 12.1. The predicted molar refractivity (Wildman–Crippen MR) is 108 cm³/mol. The van der Waals surface area contributed by atoms with Gasteiger partial charge in [-0.05, 0) is 49.2 Å². The van der Waals surface area contributed by atoms with Crippen molar-refractivity contribution in [3.8, 4) is 5.75 Å². The minimum Gasteiger partial charge on any atom is -0.482 e. The molecule has 0 amide bonds. The Labute approximate surface area is 168 Å². The molecule has 2 aromatic carbocycles. The Morgan fingerprint density at radius 1 is 1.03 bits per heavy atom. The number of esters is 1. The van der Waals surface area contributed by atoms with Crippen LogP contribution in [0.2, 0.25) is 0 Å². The molecule has 0 bridgehead atoms. The van der Waals surface area contributed by atoms with Crippen LogP contribution < -0.4 is 10.4 Å². The fourth-order valence-electron chi connectivity index (χ4n) is 2.93. The van der Waals surface area contributed by atoms with Crippen LogP contribution in [0.15, 0.2) is 51.7 Å². The minimum atomic E-state index is -0.566. The van der Waals surface area contributed by atoms with Crippen LogP contribution in [0, 0.1) is 13.8 Å². The van der Waals surface area contributed by atoms with Gasteiger partial charge in [-0.25, -0.2) is 9.59 Å². The van der Waals surface area contributed by atoms with Crippen molar-refractivity contribution in [1.29, 1.82) is 0 Å². The summed E-state index contributed by atoms with van der Waals surface area (Å²) >= 11 is 0. The van der Waals surface area contributed by atoms with Gasteiger partial charge in [0.15, 0.2) is 12.4 Å². The van der Waals surface area contributed by atoms with E-state index in [4.69, 9.17) is 13.9 Å². The first-order valence-corrected chi connectivity index (χ1v) is 9.33. The van der Waals surface area contributed by atoms with E-state index >= 15 is 0 Å². The lowest BCUT2D eigenvalue weighted by molar-refractivity contribution is -0.147. The van der Waals surface area contributed by atoms with E-state index in [1.807, 2.05) is 26.0 Å². The number of rotatable bonds is 7. The molecule has 6 heteroatoms. The van der Waals surface area contributed by atoms with Gasteiger partial charge in [0.1, 0.15) is 17.9 Å². The summed E-state index contributed by atoms with van der Waals surface area (Å²) < 4.78 is 16.0. The summed E-state index contributed by atoms with van der Waals surface area (Å²) in [5.74, 6) is -0.0589. The van der Waals surface area contributed by atoms with Gasteiger partial charge in [-0.2, -0.15) is 0 Å². The van der Waals surface area contributed by atoms with Crippen molar-refractivity contribution in [3.05, 3.63) is 75.1 Å². The van der Waals surface area contributed by atoms with E-state index in [0.29, 0.717) is 28.9 Å². The molecule has 1 aromatic heterocycles. The highest BCUT2D eigenvalue weighted by Crippen LogP contribution is 2.23. The quantitative estimate of drug-likeness (QED) is 0.340. The van der Waals surface area contributed by atoms with Crippen molar-refractivity contribution in [2.75, 3.05) is 6.61 Å². The molecule has 0 fully saturated rings. The molecule has 0 saturated carbocycles.